The molecule has 1 rings (SSSR count). The maximum Gasteiger partial charge on any atom is 0.222 e. The molecular formula is C8H15NO. The van der Waals surface area contributed by atoms with Crippen LogP contribution in [0.25, 0.3) is 0 Å². The lowest BCUT2D eigenvalue weighted by Crippen LogP contribution is -2.29. The van der Waals surface area contributed by atoms with Gasteiger partial charge < -0.3 is 5.32 Å². The van der Waals surface area contributed by atoms with Crippen LogP contribution >= 0.6 is 0 Å². The van der Waals surface area contributed by atoms with Crippen LogP contribution in [0.4, 0.5) is 0 Å². The maximum atomic E-state index is 11.0. The molecule has 1 fully saturated rings. The lowest BCUT2D eigenvalue weighted by Gasteiger charge is -2.05. The Hall–Kier alpha value is -0.530. The fourth-order valence-electron chi connectivity index (χ4n) is 0.771. The standard InChI is InChI=1S/C8H15NO/c1-6(2)8(10)9-5-7-3-4-7/h6-7H,3-5H2,1-2H3,(H,9,10). The Morgan fingerprint density at radius 3 is 2.60 bits per heavy atom. The highest BCUT2D eigenvalue weighted by Gasteiger charge is 2.21. The first kappa shape index (κ1) is 7.58. The van der Waals surface area contributed by atoms with E-state index in [1.807, 2.05) is 13.8 Å². The van der Waals surface area contributed by atoms with Crippen molar-refractivity contribution in [1.29, 1.82) is 0 Å². The van der Waals surface area contributed by atoms with Gasteiger partial charge in [0.25, 0.3) is 0 Å². The number of carbonyl (C=O) groups is 1. The highest BCUT2D eigenvalue weighted by Crippen LogP contribution is 2.27. The molecule has 1 N–H and O–H groups in total. The molecule has 0 aromatic carbocycles. The second kappa shape index (κ2) is 3.04. The second-order valence-corrected chi connectivity index (χ2v) is 3.34. The monoisotopic (exact) mass is 141 g/mol. The summed E-state index contributed by atoms with van der Waals surface area (Å²) < 4.78 is 0. The molecule has 0 aromatic rings. The maximum absolute atomic E-state index is 11.0. The zero-order chi connectivity index (χ0) is 7.56. The molecule has 0 spiro atoms. The van der Waals surface area contributed by atoms with Crippen molar-refractivity contribution in [3.63, 3.8) is 0 Å². The van der Waals surface area contributed by atoms with Gasteiger partial charge in [-0.2, -0.15) is 0 Å². The third-order valence-electron chi connectivity index (χ3n) is 1.79. The SMILES string of the molecule is CC(C)C(=O)NCC1CC1. The van der Waals surface area contributed by atoms with Gasteiger partial charge in [0.15, 0.2) is 0 Å². The Morgan fingerprint density at radius 1 is 1.60 bits per heavy atom. The van der Waals surface area contributed by atoms with E-state index in [9.17, 15) is 4.79 Å². The molecule has 0 radical (unpaired) electrons. The molecule has 2 nitrogen and oxygen atoms in total. The van der Waals surface area contributed by atoms with E-state index in [-0.39, 0.29) is 11.8 Å². The van der Waals surface area contributed by atoms with E-state index in [2.05, 4.69) is 5.32 Å². The molecule has 0 aromatic heterocycles. The number of rotatable bonds is 3. The Balaban J connectivity index is 2.05. The summed E-state index contributed by atoms with van der Waals surface area (Å²) in [6, 6.07) is 0. The lowest BCUT2D eigenvalue weighted by molar-refractivity contribution is -0.124. The third kappa shape index (κ3) is 2.38. The largest absolute Gasteiger partial charge is 0.356 e. The molecule has 1 aliphatic carbocycles. The summed E-state index contributed by atoms with van der Waals surface area (Å²) in [6.45, 7) is 4.74. The van der Waals surface area contributed by atoms with Gasteiger partial charge in [-0.05, 0) is 18.8 Å². The van der Waals surface area contributed by atoms with Crippen LogP contribution < -0.4 is 5.32 Å². The van der Waals surface area contributed by atoms with Gasteiger partial charge in [-0.15, -0.1) is 0 Å². The molecule has 0 atom stereocenters. The first-order valence-electron chi connectivity index (χ1n) is 3.98. The van der Waals surface area contributed by atoms with E-state index < -0.39 is 0 Å². The Morgan fingerprint density at radius 2 is 2.20 bits per heavy atom. The molecule has 0 heterocycles. The van der Waals surface area contributed by atoms with Crippen LogP contribution in [0, 0.1) is 11.8 Å². The van der Waals surface area contributed by atoms with E-state index in [0.29, 0.717) is 0 Å². The molecule has 0 unspecified atom stereocenters. The summed E-state index contributed by atoms with van der Waals surface area (Å²) in [5.74, 6) is 1.12. The normalized spacial score (nSPS) is 17.5. The molecule has 1 aliphatic rings. The van der Waals surface area contributed by atoms with Crippen molar-refractivity contribution in [2.75, 3.05) is 6.54 Å². The number of amides is 1. The van der Waals surface area contributed by atoms with Gasteiger partial charge >= 0.3 is 0 Å². The van der Waals surface area contributed by atoms with E-state index in [1.54, 1.807) is 0 Å². The zero-order valence-electron chi connectivity index (χ0n) is 6.68. The molecule has 0 saturated heterocycles. The van der Waals surface area contributed by atoms with Crippen LogP contribution in [0.2, 0.25) is 0 Å². The molecule has 0 bridgehead atoms. The summed E-state index contributed by atoms with van der Waals surface area (Å²) in [7, 11) is 0. The predicted octanol–water partition coefficient (Wildman–Crippen LogP) is 1.17. The molecule has 1 saturated carbocycles. The average Bonchev–Trinajstić information content (AvgIpc) is 2.64. The molecule has 0 aliphatic heterocycles. The van der Waals surface area contributed by atoms with Crippen LogP contribution in [-0.2, 0) is 4.79 Å². The zero-order valence-corrected chi connectivity index (χ0v) is 6.68. The summed E-state index contributed by atoms with van der Waals surface area (Å²) in [4.78, 5) is 11.0. The van der Waals surface area contributed by atoms with Gasteiger partial charge in [0.2, 0.25) is 5.91 Å². The van der Waals surface area contributed by atoms with Gasteiger partial charge in [-0.25, -0.2) is 0 Å². The number of carbonyl (C=O) groups excluding carboxylic acids is 1. The topological polar surface area (TPSA) is 29.1 Å². The highest BCUT2D eigenvalue weighted by atomic mass is 16.1. The minimum absolute atomic E-state index is 0.138. The quantitative estimate of drug-likeness (QED) is 0.628. The minimum Gasteiger partial charge on any atom is -0.356 e. The van der Waals surface area contributed by atoms with Crippen molar-refractivity contribution in [2.45, 2.75) is 26.7 Å². The number of hydrogen-bond acceptors (Lipinski definition) is 1. The van der Waals surface area contributed by atoms with Crippen molar-refractivity contribution >= 4 is 5.91 Å². The molecular weight excluding hydrogens is 126 g/mol. The average molecular weight is 141 g/mol. The van der Waals surface area contributed by atoms with E-state index >= 15 is 0 Å². The fraction of sp³-hybridized carbons (Fsp3) is 0.875. The summed E-state index contributed by atoms with van der Waals surface area (Å²) in [6.07, 6.45) is 2.61. The third-order valence-corrected chi connectivity index (χ3v) is 1.79. The van der Waals surface area contributed by atoms with Crippen molar-refractivity contribution < 1.29 is 4.79 Å². The Bertz CT molecular complexity index is 127. The summed E-state index contributed by atoms with van der Waals surface area (Å²) in [5.41, 5.74) is 0. The van der Waals surface area contributed by atoms with Crippen molar-refractivity contribution in [3.05, 3.63) is 0 Å². The van der Waals surface area contributed by atoms with Crippen molar-refractivity contribution in [3.8, 4) is 0 Å². The summed E-state index contributed by atoms with van der Waals surface area (Å²) >= 11 is 0. The fourth-order valence-corrected chi connectivity index (χ4v) is 0.771. The molecule has 58 valence electrons. The molecule has 1 amide bonds. The van der Waals surface area contributed by atoms with Gasteiger partial charge in [0.05, 0.1) is 0 Å². The smallest absolute Gasteiger partial charge is 0.222 e. The Kier molecular flexibility index (Phi) is 2.30. The van der Waals surface area contributed by atoms with Crippen LogP contribution in [0.3, 0.4) is 0 Å². The van der Waals surface area contributed by atoms with Gasteiger partial charge in [0.1, 0.15) is 0 Å². The van der Waals surface area contributed by atoms with Crippen LogP contribution in [0.5, 0.6) is 0 Å². The summed E-state index contributed by atoms with van der Waals surface area (Å²) in [5, 5.41) is 2.91. The number of hydrogen-bond donors (Lipinski definition) is 1. The number of nitrogens with one attached hydrogen (secondary N) is 1. The highest BCUT2D eigenvalue weighted by molar-refractivity contribution is 5.77. The van der Waals surface area contributed by atoms with Gasteiger partial charge in [-0.1, -0.05) is 13.8 Å². The minimum atomic E-state index is 0.138. The van der Waals surface area contributed by atoms with Crippen LogP contribution in [-0.4, -0.2) is 12.5 Å². The van der Waals surface area contributed by atoms with Crippen molar-refractivity contribution in [2.24, 2.45) is 11.8 Å². The Labute approximate surface area is 62.0 Å². The molecule has 10 heavy (non-hydrogen) atoms. The second-order valence-electron chi connectivity index (χ2n) is 3.34. The van der Waals surface area contributed by atoms with Crippen molar-refractivity contribution in [1.82, 2.24) is 5.32 Å². The van der Waals surface area contributed by atoms with Gasteiger partial charge in [-0.3, -0.25) is 4.79 Å². The first-order valence-corrected chi connectivity index (χ1v) is 3.98. The first-order chi connectivity index (χ1) is 4.70. The van der Waals surface area contributed by atoms with E-state index in [0.717, 1.165) is 12.5 Å². The van der Waals surface area contributed by atoms with Crippen LogP contribution in [0.1, 0.15) is 26.7 Å². The van der Waals surface area contributed by atoms with Gasteiger partial charge in [0, 0.05) is 12.5 Å². The predicted molar refractivity (Wildman–Crippen MR) is 40.6 cm³/mol. The van der Waals surface area contributed by atoms with E-state index in [4.69, 9.17) is 0 Å². The van der Waals surface area contributed by atoms with E-state index in [1.165, 1.54) is 12.8 Å². The van der Waals surface area contributed by atoms with Crippen LogP contribution in [0.15, 0.2) is 0 Å². The molecule has 2 heteroatoms. The lowest BCUT2D eigenvalue weighted by atomic mass is 10.2.